The number of para-hydroxylation sites is 2. The van der Waals surface area contributed by atoms with E-state index in [4.69, 9.17) is 0 Å². The first-order valence-corrected chi connectivity index (χ1v) is 6.88. The van der Waals surface area contributed by atoms with Crippen molar-refractivity contribution in [2.24, 2.45) is 7.05 Å². The van der Waals surface area contributed by atoms with Gasteiger partial charge in [0.1, 0.15) is 0 Å². The number of aromatic nitrogens is 1. The summed E-state index contributed by atoms with van der Waals surface area (Å²) in [6.07, 6.45) is 0. The molecule has 0 N–H and O–H groups in total. The maximum atomic E-state index is 2.30. The van der Waals surface area contributed by atoms with Crippen LogP contribution >= 0.6 is 0 Å². The second-order valence-corrected chi connectivity index (χ2v) is 5.14. The maximum Gasteiger partial charge on any atom is 0.0568 e. The smallest absolute Gasteiger partial charge is 0.0568 e. The summed E-state index contributed by atoms with van der Waals surface area (Å²) in [5.41, 5.74) is 5.15. The lowest BCUT2D eigenvalue weighted by atomic mass is 10.0. The lowest BCUT2D eigenvalue weighted by Gasteiger charge is -2.06. The van der Waals surface area contributed by atoms with E-state index in [1.807, 2.05) is 0 Å². The molecule has 0 atom stereocenters. The summed E-state index contributed by atoms with van der Waals surface area (Å²) >= 11 is 0. The Bertz CT molecular complexity index is 901. The summed E-state index contributed by atoms with van der Waals surface area (Å²) in [6, 6.07) is 25.8. The summed E-state index contributed by atoms with van der Waals surface area (Å²) in [5.74, 6) is 0. The minimum Gasteiger partial charge on any atom is -0.343 e. The summed E-state index contributed by atoms with van der Waals surface area (Å²) in [6.45, 7) is 0. The first-order valence-electron chi connectivity index (χ1n) is 6.88. The normalized spacial score (nSPS) is 11.2. The van der Waals surface area contributed by atoms with E-state index in [1.54, 1.807) is 0 Å². The average molecular weight is 257 g/mol. The van der Waals surface area contributed by atoms with E-state index < -0.39 is 0 Å². The molecule has 0 fully saturated rings. The zero-order chi connectivity index (χ0) is 13.5. The molecule has 0 saturated carbocycles. The molecule has 0 radical (unpaired) electrons. The third-order valence-electron chi connectivity index (χ3n) is 4.01. The molecule has 0 unspecified atom stereocenters. The molecule has 20 heavy (non-hydrogen) atoms. The van der Waals surface area contributed by atoms with Crippen molar-refractivity contribution in [3.63, 3.8) is 0 Å². The van der Waals surface area contributed by atoms with Crippen molar-refractivity contribution in [3.05, 3.63) is 72.8 Å². The van der Waals surface area contributed by atoms with Crippen molar-refractivity contribution in [1.29, 1.82) is 0 Å². The van der Waals surface area contributed by atoms with E-state index in [2.05, 4.69) is 84.4 Å². The zero-order valence-electron chi connectivity index (χ0n) is 11.4. The van der Waals surface area contributed by atoms with Gasteiger partial charge in [-0.1, -0.05) is 66.7 Å². The fourth-order valence-electron chi connectivity index (χ4n) is 3.09. The predicted molar refractivity (Wildman–Crippen MR) is 85.9 cm³/mol. The third-order valence-corrected chi connectivity index (χ3v) is 4.01. The van der Waals surface area contributed by atoms with E-state index in [1.165, 1.54) is 32.9 Å². The Morgan fingerprint density at radius 1 is 0.650 bits per heavy atom. The second-order valence-electron chi connectivity index (χ2n) is 5.14. The number of nitrogens with zero attached hydrogens (tertiary/aromatic N) is 1. The number of hydrogen-bond acceptors (Lipinski definition) is 0. The largest absolute Gasteiger partial charge is 0.343 e. The van der Waals surface area contributed by atoms with Crippen molar-refractivity contribution < 1.29 is 0 Å². The quantitative estimate of drug-likeness (QED) is 0.452. The van der Waals surface area contributed by atoms with Gasteiger partial charge in [-0.15, -0.1) is 0 Å². The van der Waals surface area contributed by atoms with E-state index in [0.717, 1.165) is 0 Å². The number of hydrogen-bond donors (Lipinski definition) is 0. The van der Waals surface area contributed by atoms with Gasteiger partial charge in [0.25, 0.3) is 0 Å². The van der Waals surface area contributed by atoms with Gasteiger partial charge >= 0.3 is 0 Å². The molecule has 0 saturated heterocycles. The molecule has 4 rings (SSSR count). The Hall–Kier alpha value is -2.54. The van der Waals surface area contributed by atoms with Crippen LogP contribution in [0.25, 0.3) is 32.9 Å². The standard InChI is InChI=1S/C19H15N/c1-20-18-13-6-5-10-16(18)17-12-7-11-15(19(17)20)14-8-3-2-4-9-14/h2-13H,1H3. The van der Waals surface area contributed by atoms with E-state index in [9.17, 15) is 0 Å². The molecule has 0 amide bonds. The van der Waals surface area contributed by atoms with Crippen LogP contribution in [0.15, 0.2) is 72.8 Å². The van der Waals surface area contributed by atoms with Gasteiger partial charge in [-0.25, -0.2) is 0 Å². The number of fused-ring (bicyclic) bond motifs is 3. The summed E-state index contributed by atoms with van der Waals surface area (Å²) in [5, 5.41) is 2.65. The van der Waals surface area contributed by atoms with Gasteiger partial charge in [-0.3, -0.25) is 0 Å². The Labute approximate surface area is 118 Å². The lowest BCUT2D eigenvalue weighted by Crippen LogP contribution is -1.89. The van der Waals surface area contributed by atoms with Crippen LogP contribution in [0, 0.1) is 0 Å². The molecule has 0 bridgehead atoms. The molecule has 1 heteroatoms. The predicted octanol–water partition coefficient (Wildman–Crippen LogP) is 5.00. The molecule has 0 spiro atoms. The summed E-state index contributed by atoms with van der Waals surface area (Å²) in [7, 11) is 2.15. The van der Waals surface area contributed by atoms with Crippen LogP contribution in [0.3, 0.4) is 0 Å². The zero-order valence-corrected chi connectivity index (χ0v) is 11.4. The Balaban J connectivity index is 2.19. The number of aryl methyl sites for hydroxylation is 1. The van der Waals surface area contributed by atoms with Crippen LogP contribution in [-0.2, 0) is 7.05 Å². The van der Waals surface area contributed by atoms with Crippen molar-refractivity contribution in [2.75, 3.05) is 0 Å². The average Bonchev–Trinajstić information content (AvgIpc) is 2.82. The van der Waals surface area contributed by atoms with E-state index in [0.29, 0.717) is 0 Å². The molecule has 1 nitrogen and oxygen atoms in total. The molecule has 4 aromatic rings. The molecule has 3 aromatic carbocycles. The van der Waals surface area contributed by atoms with Gasteiger partial charge in [-0.2, -0.15) is 0 Å². The molecule has 1 heterocycles. The fraction of sp³-hybridized carbons (Fsp3) is 0.0526. The number of rotatable bonds is 1. The summed E-state index contributed by atoms with van der Waals surface area (Å²) < 4.78 is 2.30. The molecule has 0 aliphatic heterocycles. The van der Waals surface area contributed by atoms with Gasteiger partial charge < -0.3 is 4.57 Å². The monoisotopic (exact) mass is 257 g/mol. The molecule has 96 valence electrons. The van der Waals surface area contributed by atoms with Gasteiger partial charge in [0.2, 0.25) is 0 Å². The van der Waals surface area contributed by atoms with E-state index in [-0.39, 0.29) is 0 Å². The Kier molecular flexibility index (Phi) is 2.40. The fourth-order valence-corrected chi connectivity index (χ4v) is 3.09. The molecular formula is C19H15N. The highest BCUT2D eigenvalue weighted by molar-refractivity contribution is 6.12. The van der Waals surface area contributed by atoms with Crippen LogP contribution < -0.4 is 0 Å². The minimum absolute atomic E-state index is 1.27. The number of benzene rings is 3. The minimum atomic E-state index is 1.27. The van der Waals surface area contributed by atoms with Gasteiger partial charge in [0, 0.05) is 28.9 Å². The van der Waals surface area contributed by atoms with Crippen molar-refractivity contribution in [3.8, 4) is 11.1 Å². The highest BCUT2D eigenvalue weighted by Crippen LogP contribution is 2.34. The van der Waals surface area contributed by atoms with Crippen molar-refractivity contribution >= 4 is 21.8 Å². The van der Waals surface area contributed by atoms with Crippen LogP contribution in [0.1, 0.15) is 0 Å². The molecular weight excluding hydrogens is 242 g/mol. The molecule has 1 aromatic heterocycles. The van der Waals surface area contributed by atoms with Crippen LogP contribution in [0.4, 0.5) is 0 Å². The topological polar surface area (TPSA) is 4.93 Å². The third kappa shape index (κ3) is 1.50. The van der Waals surface area contributed by atoms with Gasteiger partial charge in [-0.05, 0) is 11.6 Å². The van der Waals surface area contributed by atoms with Gasteiger partial charge in [0.15, 0.2) is 0 Å². The van der Waals surface area contributed by atoms with Crippen molar-refractivity contribution in [2.45, 2.75) is 0 Å². The van der Waals surface area contributed by atoms with Crippen LogP contribution in [0.2, 0.25) is 0 Å². The SMILES string of the molecule is Cn1c2ccccc2c2cccc(-c3ccccc3)c21. The summed E-state index contributed by atoms with van der Waals surface area (Å²) in [4.78, 5) is 0. The first kappa shape index (κ1) is 11.3. The molecule has 0 aliphatic rings. The first-order chi connectivity index (χ1) is 9.86. The Morgan fingerprint density at radius 2 is 1.35 bits per heavy atom. The highest BCUT2D eigenvalue weighted by atomic mass is 14.9. The highest BCUT2D eigenvalue weighted by Gasteiger charge is 2.11. The maximum absolute atomic E-state index is 2.30. The van der Waals surface area contributed by atoms with E-state index >= 15 is 0 Å². The Morgan fingerprint density at radius 3 is 2.20 bits per heavy atom. The van der Waals surface area contributed by atoms with Gasteiger partial charge in [0.05, 0.1) is 5.52 Å². The van der Waals surface area contributed by atoms with Crippen LogP contribution in [0.5, 0.6) is 0 Å². The van der Waals surface area contributed by atoms with Crippen LogP contribution in [-0.4, -0.2) is 4.57 Å². The van der Waals surface area contributed by atoms with Crippen molar-refractivity contribution in [1.82, 2.24) is 4.57 Å². The lowest BCUT2D eigenvalue weighted by molar-refractivity contribution is 1.02. The molecule has 0 aliphatic carbocycles. The second kappa shape index (κ2) is 4.24.